The summed E-state index contributed by atoms with van der Waals surface area (Å²) in [6.07, 6.45) is 4.48. The molecule has 0 unspecified atom stereocenters. The smallest absolute Gasteiger partial charge is 0.264 e. The van der Waals surface area contributed by atoms with Gasteiger partial charge in [-0.1, -0.05) is 61.4 Å². The van der Waals surface area contributed by atoms with Crippen LogP contribution < -0.4 is 4.31 Å². The van der Waals surface area contributed by atoms with Gasteiger partial charge in [0.05, 0.1) is 22.0 Å². The molecule has 2 aromatic carbocycles. The van der Waals surface area contributed by atoms with Crippen molar-refractivity contribution in [2.45, 2.75) is 50.8 Å². The van der Waals surface area contributed by atoms with E-state index in [1.165, 1.54) is 0 Å². The third kappa shape index (κ3) is 3.99. The van der Waals surface area contributed by atoms with Crippen molar-refractivity contribution in [2.24, 2.45) is 0 Å². The minimum atomic E-state index is -3.62. The van der Waals surface area contributed by atoms with Crippen LogP contribution in [-0.4, -0.2) is 19.9 Å². The number of hydrogen-bond donors (Lipinski definition) is 0. The molecule has 0 bridgehead atoms. The maximum atomic E-state index is 13.5. The molecule has 0 fully saturated rings. The summed E-state index contributed by atoms with van der Waals surface area (Å²) < 4.78 is 28.7. The van der Waals surface area contributed by atoms with Crippen molar-refractivity contribution in [3.8, 4) is 11.3 Å². The number of fused-ring (bicyclic) bond motifs is 1. The van der Waals surface area contributed by atoms with Crippen molar-refractivity contribution in [3.05, 3.63) is 77.5 Å². The van der Waals surface area contributed by atoms with Crippen LogP contribution in [0.25, 0.3) is 11.3 Å². The lowest BCUT2D eigenvalue weighted by molar-refractivity contribution is 0.585. The van der Waals surface area contributed by atoms with E-state index in [2.05, 4.69) is 25.1 Å². The first kappa shape index (κ1) is 20.6. The number of aromatic nitrogens is 1. The second-order valence-electron chi connectivity index (χ2n) is 7.93. The first-order chi connectivity index (χ1) is 14.5. The first-order valence-electron chi connectivity index (χ1n) is 10.7. The highest BCUT2D eigenvalue weighted by Crippen LogP contribution is 2.37. The summed E-state index contributed by atoms with van der Waals surface area (Å²) >= 11 is 0. The monoisotopic (exact) mass is 420 g/mol. The molecule has 1 aliphatic rings. The molecule has 0 saturated carbocycles. The van der Waals surface area contributed by atoms with Crippen LogP contribution in [-0.2, 0) is 22.9 Å². The standard InChI is InChI=1S/C25H28N2O2S/c1-3-4-12-23-25-21(18-24(26-23)20-9-6-5-7-10-20)11-8-17-27(25)30(28,29)22-15-13-19(2)14-16-22/h5-7,9-10,13-16,18H,3-4,8,11-12,17H2,1-2H3. The van der Waals surface area contributed by atoms with E-state index in [0.29, 0.717) is 11.4 Å². The van der Waals surface area contributed by atoms with Crippen LogP contribution in [0.3, 0.4) is 0 Å². The topological polar surface area (TPSA) is 50.3 Å². The minimum Gasteiger partial charge on any atom is -0.264 e. The summed E-state index contributed by atoms with van der Waals surface area (Å²) in [5.74, 6) is 0. The maximum absolute atomic E-state index is 13.5. The van der Waals surface area contributed by atoms with Crippen molar-refractivity contribution in [1.29, 1.82) is 0 Å². The van der Waals surface area contributed by atoms with Crippen LogP contribution in [0.1, 0.15) is 43.0 Å². The lowest BCUT2D eigenvalue weighted by atomic mass is 9.98. The van der Waals surface area contributed by atoms with Gasteiger partial charge in [0, 0.05) is 12.1 Å². The Balaban J connectivity index is 1.84. The molecule has 0 amide bonds. The van der Waals surface area contributed by atoms with Gasteiger partial charge in [0.2, 0.25) is 0 Å². The normalized spacial score (nSPS) is 13.9. The Kier molecular flexibility index (Phi) is 5.91. The van der Waals surface area contributed by atoms with Crippen molar-refractivity contribution >= 4 is 15.7 Å². The van der Waals surface area contributed by atoms with Gasteiger partial charge in [-0.05, 0) is 56.4 Å². The molecule has 0 atom stereocenters. The maximum Gasteiger partial charge on any atom is 0.264 e. The number of hydrogen-bond acceptors (Lipinski definition) is 3. The summed E-state index contributed by atoms with van der Waals surface area (Å²) in [5, 5.41) is 0. The van der Waals surface area contributed by atoms with Crippen LogP contribution in [0.4, 0.5) is 5.69 Å². The number of nitrogens with zero attached hydrogens (tertiary/aromatic N) is 2. The Morgan fingerprint density at radius 3 is 2.47 bits per heavy atom. The van der Waals surface area contributed by atoms with E-state index in [0.717, 1.165) is 65.9 Å². The SMILES string of the molecule is CCCCc1nc(-c2ccccc2)cc2c1N(S(=O)(=O)c1ccc(C)cc1)CCC2. The average Bonchev–Trinajstić information content (AvgIpc) is 2.77. The van der Waals surface area contributed by atoms with Gasteiger partial charge >= 0.3 is 0 Å². The molecule has 3 aromatic rings. The van der Waals surface area contributed by atoms with Crippen molar-refractivity contribution in [1.82, 2.24) is 4.98 Å². The van der Waals surface area contributed by atoms with E-state index in [-0.39, 0.29) is 0 Å². The van der Waals surface area contributed by atoms with E-state index in [1.54, 1.807) is 16.4 Å². The van der Waals surface area contributed by atoms with Gasteiger partial charge in [-0.2, -0.15) is 0 Å². The van der Waals surface area contributed by atoms with E-state index in [9.17, 15) is 8.42 Å². The Morgan fingerprint density at radius 2 is 1.77 bits per heavy atom. The van der Waals surface area contributed by atoms with Gasteiger partial charge < -0.3 is 0 Å². The molecule has 30 heavy (non-hydrogen) atoms. The number of pyridine rings is 1. The summed E-state index contributed by atoms with van der Waals surface area (Å²) in [4.78, 5) is 5.30. The summed E-state index contributed by atoms with van der Waals surface area (Å²) in [6, 6.07) is 19.3. The summed E-state index contributed by atoms with van der Waals surface area (Å²) in [7, 11) is -3.62. The fourth-order valence-electron chi connectivity index (χ4n) is 4.02. The second-order valence-corrected chi connectivity index (χ2v) is 9.79. The molecule has 0 radical (unpaired) electrons. The quantitative estimate of drug-likeness (QED) is 0.526. The molecular formula is C25H28N2O2S. The van der Waals surface area contributed by atoms with Crippen molar-refractivity contribution < 1.29 is 8.42 Å². The Bertz CT molecular complexity index is 1120. The van der Waals surface area contributed by atoms with Gasteiger partial charge in [0.1, 0.15) is 0 Å². The molecular weight excluding hydrogens is 392 g/mol. The summed E-state index contributed by atoms with van der Waals surface area (Å²) in [6.45, 7) is 4.60. The van der Waals surface area contributed by atoms with E-state index < -0.39 is 10.0 Å². The number of aryl methyl sites for hydroxylation is 3. The zero-order chi connectivity index (χ0) is 21.1. The lowest BCUT2D eigenvalue weighted by Crippen LogP contribution is -2.36. The van der Waals surface area contributed by atoms with Crippen LogP contribution in [0, 0.1) is 6.92 Å². The predicted octanol–water partition coefficient (Wildman–Crippen LogP) is 5.54. The van der Waals surface area contributed by atoms with Gasteiger partial charge in [0.25, 0.3) is 10.0 Å². The summed E-state index contributed by atoms with van der Waals surface area (Å²) in [5.41, 5.74) is 5.81. The highest BCUT2D eigenvalue weighted by atomic mass is 32.2. The fraction of sp³-hybridized carbons (Fsp3) is 0.320. The van der Waals surface area contributed by atoms with Gasteiger partial charge in [0.15, 0.2) is 0 Å². The van der Waals surface area contributed by atoms with Gasteiger partial charge in [-0.25, -0.2) is 8.42 Å². The second kappa shape index (κ2) is 8.60. The molecule has 0 saturated heterocycles. The van der Waals surface area contributed by atoms with Crippen LogP contribution in [0.5, 0.6) is 0 Å². The molecule has 1 aliphatic heterocycles. The van der Waals surface area contributed by atoms with E-state index >= 15 is 0 Å². The number of unbranched alkanes of at least 4 members (excludes halogenated alkanes) is 1. The largest absolute Gasteiger partial charge is 0.264 e. The zero-order valence-corrected chi connectivity index (χ0v) is 18.5. The lowest BCUT2D eigenvalue weighted by Gasteiger charge is -2.32. The van der Waals surface area contributed by atoms with E-state index in [1.807, 2.05) is 37.3 Å². The Hall–Kier alpha value is -2.66. The number of rotatable bonds is 6. The fourth-order valence-corrected chi connectivity index (χ4v) is 5.59. The molecule has 0 N–H and O–H groups in total. The van der Waals surface area contributed by atoms with Gasteiger partial charge in [-0.15, -0.1) is 0 Å². The predicted molar refractivity (Wildman–Crippen MR) is 122 cm³/mol. The first-order valence-corrected chi connectivity index (χ1v) is 12.1. The molecule has 5 heteroatoms. The molecule has 4 nitrogen and oxygen atoms in total. The Labute approximate surface area is 179 Å². The van der Waals surface area contributed by atoms with Crippen LogP contribution in [0.15, 0.2) is 65.6 Å². The van der Waals surface area contributed by atoms with E-state index in [4.69, 9.17) is 4.98 Å². The molecule has 2 heterocycles. The third-order valence-corrected chi connectivity index (χ3v) is 7.46. The molecule has 1 aromatic heterocycles. The molecule has 0 aliphatic carbocycles. The number of anilines is 1. The molecule has 4 rings (SSSR count). The number of sulfonamides is 1. The number of benzene rings is 2. The third-order valence-electron chi connectivity index (χ3n) is 5.65. The van der Waals surface area contributed by atoms with Crippen molar-refractivity contribution in [3.63, 3.8) is 0 Å². The van der Waals surface area contributed by atoms with Crippen molar-refractivity contribution in [2.75, 3.05) is 10.8 Å². The average molecular weight is 421 g/mol. The molecule has 156 valence electrons. The molecule has 0 spiro atoms. The zero-order valence-electron chi connectivity index (χ0n) is 17.6. The Morgan fingerprint density at radius 1 is 1.03 bits per heavy atom. The van der Waals surface area contributed by atoms with Gasteiger partial charge in [-0.3, -0.25) is 9.29 Å². The highest BCUT2D eigenvalue weighted by Gasteiger charge is 2.32. The van der Waals surface area contributed by atoms with Crippen LogP contribution in [0.2, 0.25) is 0 Å². The highest BCUT2D eigenvalue weighted by molar-refractivity contribution is 7.92. The minimum absolute atomic E-state index is 0.342. The van der Waals surface area contributed by atoms with Crippen LogP contribution >= 0.6 is 0 Å².